The minimum atomic E-state index is 0.101. The van der Waals surface area contributed by atoms with Crippen molar-refractivity contribution in [2.45, 2.75) is 12.1 Å². The molecule has 1 saturated heterocycles. The Balaban J connectivity index is 2.16. The Morgan fingerprint density at radius 1 is 1.11 bits per heavy atom. The van der Waals surface area contributed by atoms with Crippen molar-refractivity contribution in [2.75, 3.05) is 13.2 Å². The highest BCUT2D eigenvalue weighted by molar-refractivity contribution is 5.49. The minimum absolute atomic E-state index is 0.101. The van der Waals surface area contributed by atoms with E-state index in [1.165, 1.54) is 0 Å². The minimum Gasteiger partial charge on any atom is -0.392 e. The number of nitrogens with one attached hydrogen (secondary N) is 1. The SMILES string of the molecule is OCC1=C(CO)C2NC12. The molecule has 50 valence electrons. The predicted molar refractivity (Wildman–Crippen MR) is 31.9 cm³/mol. The topological polar surface area (TPSA) is 62.4 Å². The lowest BCUT2D eigenvalue weighted by molar-refractivity contribution is 0.298. The van der Waals surface area contributed by atoms with Crippen LogP contribution in [0.2, 0.25) is 0 Å². The summed E-state index contributed by atoms with van der Waals surface area (Å²) in [6.45, 7) is 0.203. The van der Waals surface area contributed by atoms with Gasteiger partial charge in [0.2, 0.25) is 0 Å². The molecule has 0 aromatic rings. The highest BCUT2D eigenvalue weighted by Gasteiger charge is 2.51. The lowest BCUT2D eigenvalue weighted by Gasteiger charge is -2.16. The molecule has 0 bridgehead atoms. The van der Waals surface area contributed by atoms with Crippen LogP contribution in [0.4, 0.5) is 0 Å². The molecule has 0 amide bonds. The Labute approximate surface area is 53.0 Å². The molecule has 0 saturated carbocycles. The van der Waals surface area contributed by atoms with E-state index in [0.29, 0.717) is 12.1 Å². The Kier molecular flexibility index (Phi) is 0.939. The monoisotopic (exact) mass is 127 g/mol. The zero-order valence-electron chi connectivity index (χ0n) is 4.96. The van der Waals surface area contributed by atoms with Gasteiger partial charge in [-0.1, -0.05) is 0 Å². The summed E-state index contributed by atoms with van der Waals surface area (Å²) in [7, 11) is 0. The highest BCUT2D eigenvalue weighted by Crippen LogP contribution is 2.38. The van der Waals surface area contributed by atoms with Crippen molar-refractivity contribution in [3.63, 3.8) is 0 Å². The van der Waals surface area contributed by atoms with Crippen LogP contribution in [-0.2, 0) is 0 Å². The van der Waals surface area contributed by atoms with Gasteiger partial charge < -0.3 is 15.5 Å². The van der Waals surface area contributed by atoms with Gasteiger partial charge in [-0.25, -0.2) is 0 Å². The van der Waals surface area contributed by atoms with Gasteiger partial charge in [-0.3, -0.25) is 0 Å². The third kappa shape index (κ3) is 0.515. The van der Waals surface area contributed by atoms with E-state index in [0.717, 1.165) is 11.1 Å². The molecule has 9 heavy (non-hydrogen) atoms. The molecule has 2 unspecified atom stereocenters. The van der Waals surface area contributed by atoms with E-state index in [-0.39, 0.29) is 13.2 Å². The maximum Gasteiger partial charge on any atom is 0.0661 e. The van der Waals surface area contributed by atoms with Gasteiger partial charge in [-0.2, -0.15) is 0 Å². The van der Waals surface area contributed by atoms with E-state index in [9.17, 15) is 0 Å². The summed E-state index contributed by atoms with van der Waals surface area (Å²) in [5, 5.41) is 20.5. The largest absolute Gasteiger partial charge is 0.392 e. The van der Waals surface area contributed by atoms with Gasteiger partial charge in [0, 0.05) is 0 Å². The second-order valence-electron chi connectivity index (χ2n) is 2.49. The van der Waals surface area contributed by atoms with Gasteiger partial charge in [0.25, 0.3) is 0 Å². The van der Waals surface area contributed by atoms with Crippen LogP contribution in [0.1, 0.15) is 0 Å². The second kappa shape index (κ2) is 1.56. The Bertz CT molecular complexity index is 158. The van der Waals surface area contributed by atoms with Crippen molar-refractivity contribution in [1.29, 1.82) is 0 Å². The van der Waals surface area contributed by atoms with Gasteiger partial charge in [0.1, 0.15) is 0 Å². The third-order valence-electron chi connectivity index (χ3n) is 2.09. The summed E-state index contributed by atoms with van der Waals surface area (Å²) in [5.74, 6) is 0. The predicted octanol–water partition coefficient (Wildman–Crippen LogP) is -1.38. The summed E-state index contributed by atoms with van der Waals surface area (Å²) in [4.78, 5) is 0. The van der Waals surface area contributed by atoms with Crippen LogP contribution in [0, 0.1) is 0 Å². The molecular formula is C6H9NO2. The number of fused-ring (bicyclic) bond motifs is 1. The Morgan fingerprint density at radius 2 is 1.56 bits per heavy atom. The van der Waals surface area contributed by atoms with Crippen molar-refractivity contribution in [1.82, 2.24) is 5.32 Å². The normalized spacial score (nSPS) is 38.0. The third-order valence-corrected chi connectivity index (χ3v) is 2.09. The van der Waals surface area contributed by atoms with E-state index >= 15 is 0 Å². The average molecular weight is 127 g/mol. The maximum atomic E-state index is 8.68. The van der Waals surface area contributed by atoms with Gasteiger partial charge in [0.15, 0.2) is 0 Å². The van der Waals surface area contributed by atoms with Crippen LogP contribution in [-0.4, -0.2) is 35.5 Å². The van der Waals surface area contributed by atoms with Crippen molar-refractivity contribution in [3.05, 3.63) is 11.1 Å². The Hall–Kier alpha value is -0.380. The molecule has 2 atom stereocenters. The molecule has 0 aromatic heterocycles. The molecule has 0 aromatic carbocycles. The van der Waals surface area contributed by atoms with E-state index in [1.54, 1.807) is 0 Å². The number of aliphatic hydroxyl groups excluding tert-OH is 2. The molecule has 3 N–H and O–H groups in total. The fraction of sp³-hybridized carbons (Fsp3) is 0.667. The smallest absolute Gasteiger partial charge is 0.0661 e. The molecule has 2 rings (SSSR count). The average Bonchev–Trinajstić information content (AvgIpc) is 2.47. The molecule has 1 heterocycles. The number of hydrogen-bond acceptors (Lipinski definition) is 3. The van der Waals surface area contributed by atoms with Gasteiger partial charge in [0.05, 0.1) is 25.3 Å². The van der Waals surface area contributed by atoms with E-state index in [4.69, 9.17) is 10.2 Å². The first kappa shape index (κ1) is 5.41. The van der Waals surface area contributed by atoms with Crippen LogP contribution in [0.15, 0.2) is 11.1 Å². The van der Waals surface area contributed by atoms with Crippen LogP contribution in [0.5, 0.6) is 0 Å². The fourth-order valence-corrected chi connectivity index (χ4v) is 1.44. The molecule has 3 heteroatoms. The van der Waals surface area contributed by atoms with Crippen LogP contribution < -0.4 is 5.32 Å². The van der Waals surface area contributed by atoms with Crippen LogP contribution in [0.3, 0.4) is 0 Å². The second-order valence-corrected chi connectivity index (χ2v) is 2.49. The first-order chi connectivity index (χ1) is 4.38. The molecule has 0 radical (unpaired) electrons. The van der Waals surface area contributed by atoms with Crippen molar-refractivity contribution >= 4 is 0 Å². The molecule has 1 fully saturated rings. The van der Waals surface area contributed by atoms with Gasteiger partial charge >= 0.3 is 0 Å². The maximum absolute atomic E-state index is 8.68. The van der Waals surface area contributed by atoms with E-state index < -0.39 is 0 Å². The molecule has 1 aliphatic carbocycles. The summed E-state index contributed by atoms with van der Waals surface area (Å²) in [6, 6.07) is 0.828. The molecule has 3 nitrogen and oxygen atoms in total. The van der Waals surface area contributed by atoms with Crippen molar-refractivity contribution in [2.24, 2.45) is 0 Å². The fourth-order valence-electron chi connectivity index (χ4n) is 1.44. The Morgan fingerprint density at radius 3 is 1.89 bits per heavy atom. The number of hydrogen-bond donors (Lipinski definition) is 3. The van der Waals surface area contributed by atoms with E-state index in [1.807, 2.05) is 0 Å². The quantitative estimate of drug-likeness (QED) is 0.316. The van der Waals surface area contributed by atoms with Gasteiger partial charge in [-0.05, 0) is 11.1 Å². The molecular weight excluding hydrogens is 118 g/mol. The van der Waals surface area contributed by atoms with E-state index in [2.05, 4.69) is 5.32 Å². The lowest BCUT2D eigenvalue weighted by Crippen LogP contribution is -2.21. The first-order valence-corrected chi connectivity index (χ1v) is 3.08. The van der Waals surface area contributed by atoms with Crippen molar-refractivity contribution in [3.8, 4) is 0 Å². The summed E-state index contributed by atoms with van der Waals surface area (Å²) in [6.07, 6.45) is 0. The summed E-state index contributed by atoms with van der Waals surface area (Å²) in [5.41, 5.74) is 2.00. The summed E-state index contributed by atoms with van der Waals surface area (Å²) >= 11 is 0. The zero-order chi connectivity index (χ0) is 6.43. The molecule has 2 aliphatic rings. The summed E-state index contributed by atoms with van der Waals surface area (Å²) < 4.78 is 0. The zero-order valence-corrected chi connectivity index (χ0v) is 4.96. The standard InChI is InChI=1S/C6H9NO2/c8-1-3-4(2-9)6-5(3)7-6/h5-9H,1-2H2. The number of rotatable bonds is 2. The lowest BCUT2D eigenvalue weighted by atomic mass is 9.90. The van der Waals surface area contributed by atoms with Crippen LogP contribution >= 0.6 is 0 Å². The van der Waals surface area contributed by atoms with Crippen LogP contribution in [0.25, 0.3) is 0 Å². The first-order valence-electron chi connectivity index (χ1n) is 3.08. The number of aliphatic hydroxyl groups is 2. The van der Waals surface area contributed by atoms with Crippen molar-refractivity contribution < 1.29 is 10.2 Å². The molecule has 0 spiro atoms. The highest BCUT2D eigenvalue weighted by atomic mass is 16.3. The van der Waals surface area contributed by atoms with Gasteiger partial charge in [-0.15, -0.1) is 0 Å². The molecule has 1 aliphatic heterocycles.